The molecule has 4 N–H and O–H groups in total. The standard InChI is InChI=1S/C32H48FN5O4/c33-23-12-21-28-31(29(23)37-11-8-17(34)15-37)42-27-13-20-19-5-1-2-6-25(19)41-26(20)14-24(27)38(28)16-22(30(21)39)32(40)36-10-7-18-4-3-9-35-18/h16-21,23-29,31,35H,1-15,34H2,(H,36,40)/t17-,18?,19?,20?,21?,23?,24?,25?,26?,27?,28?,29?,31?/m1/s1. The summed E-state index contributed by atoms with van der Waals surface area (Å²) in [5, 5.41) is 6.49. The van der Waals surface area contributed by atoms with Crippen molar-refractivity contribution in [3.8, 4) is 0 Å². The molecule has 3 saturated carbocycles. The van der Waals surface area contributed by atoms with Crippen LogP contribution in [0, 0.1) is 17.8 Å². The Kier molecular flexibility index (Phi) is 7.37. The van der Waals surface area contributed by atoms with Crippen molar-refractivity contribution in [1.82, 2.24) is 20.4 Å². The number of nitrogens with zero attached hydrogens (tertiary/aromatic N) is 2. The zero-order chi connectivity index (χ0) is 28.5. The molecule has 42 heavy (non-hydrogen) atoms. The van der Waals surface area contributed by atoms with E-state index in [2.05, 4.69) is 20.4 Å². The molecule has 0 aromatic rings. The summed E-state index contributed by atoms with van der Waals surface area (Å²) in [7, 11) is 0. The highest BCUT2D eigenvalue weighted by atomic mass is 19.1. The molecule has 10 heteroatoms. The molecule has 0 radical (unpaired) electrons. The number of ether oxygens (including phenoxy) is 2. The molecule has 5 heterocycles. The van der Waals surface area contributed by atoms with E-state index in [-0.39, 0.29) is 54.0 Å². The highest BCUT2D eigenvalue weighted by Gasteiger charge is 2.62. The Morgan fingerprint density at radius 2 is 1.90 bits per heavy atom. The topological polar surface area (TPSA) is 109 Å². The molecule has 1 amide bonds. The lowest BCUT2D eigenvalue weighted by Crippen LogP contribution is -2.73. The average molecular weight is 586 g/mol. The molecule has 8 rings (SSSR count). The molecule has 7 fully saturated rings. The van der Waals surface area contributed by atoms with Crippen molar-refractivity contribution in [2.24, 2.45) is 23.5 Å². The lowest BCUT2D eigenvalue weighted by Gasteiger charge is -2.61. The number of morpholine rings is 1. The zero-order valence-electron chi connectivity index (χ0n) is 24.7. The van der Waals surface area contributed by atoms with Crippen LogP contribution in [0.1, 0.15) is 70.6 Å². The van der Waals surface area contributed by atoms with Crippen molar-refractivity contribution >= 4 is 11.7 Å². The maximum atomic E-state index is 16.2. The van der Waals surface area contributed by atoms with Gasteiger partial charge in [-0.15, -0.1) is 0 Å². The Morgan fingerprint density at radius 3 is 2.71 bits per heavy atom. The molecule has 5 aliphatic heterocycles. The van der Waals surface area contributed by atoms with Crippen LogP contribution < -0.4 is 16.4 Å². The van der Waals surface area contributed by atoms with E-state index in [0.717, 1.165) is 58.0 Å². The van der Waals surface area contributed by atoms with E-state index in [0.29, 0.717) is 37.1 Å². The van der Waals surface area contributed by atoms with E-state index in [1.807, 2.05) is 6.20 Å². The van der Waals surface area contributed by atoms with Crippen LogP contribution in [0.2, 0.25) is 0 Å². The molecule has 13 atom stereocenters. The molecule has 0 aromatic heterocycles. The maximum absolute atomic E-state index is 16.2. The summed E-state index contributed by atoms with van der Waals surface area (Å²) in [6, 6.07) is -0.213. The normalized spacial score (nSPS) is 48.2. The third kappa shape index (κ3) is 4.66. The van der Waals surface area contributed by atoms with Crippen molar-refractivity contribution in [3.05, 3.63) is 11.8 Å². The molecule has 0 spiro atoms. The molecular formula is C32H48FN5O4. The van der Waals surface area contributed by atoms with Gasteiger partial charge in [0.1, 0.15) is 6.17 Å². The number of carbonyl (C=O) groups excluding carboxylic acids is 2. The van der Waals surface area contributed by atoms with Gasteiger partial charge < -0.3 is 30.7 Å². The highest BCUT2D eigenvalue weighted by molar-refractivity contribution is 6.20. The first-order chi connectivity index (χ1) is 20.5. The summed E-state index contributed by atoms with van der Waals surface area (Å²) >= 11 is 0. The molecule has 3 aliphatic carbocycles. The van der Waals surface area contributed by atoms with Crippen molar-refractivity contribution in [2.75, 3.05) is 26.2 Å². The lowest BCUT2D eigenvalue weighted by atomic mass is 9.67. The minimum Gasteiger partial charge on any atom is -0.374 e. The Balaban J connectivity index is 1.10. The number of hydrogen-bond acceptors (Lipinski definition) is 8. The molecule has 9 nitrogen and oxygen atoms in total. The summed E-state index contributed by atoms with van der Waals surface area (Å²) in [5.41, 5.74) is 6.46. The van der Waals surface area contributed by atoms with Crippen LogP contribution in [-0.4, -0.2) is 108 Å². The molecule has 12 unspecified atom stereocenters. The smallest absolute Gasteiger partial charge is 0.256 e. The molecule has 4 saturated heterocycles. The predicted octanol–water partition coefficient (Wildman–Crippen LogP) is 1.65. The number of hydrogen-bond donors (Lipinski definition) is 3. The number of Topliss-reactive ketones (excluding diaryl/α,β-unsaturated/α-hetero) is 1. The summed E-state index contributed by atoms with van der Waals surface area (Å²) in [4.78, 5) is 31.9. The van der Waals surface area contributed by atoms with Gasteiger partial charge in [-0.2, -0.15) is 0 Å². The van der Waals surface area contributed by atoms with Gasteiger partial charge in [-0.1, -0.05) is 12.8 Å². The van der Waals surface area contributed by atoms with Gasteiger partial charge in [0.15, 0.2) is 5.78 Å². The number of alkyl halides is 1. The van der Waals surface area contributed by atoms with Gasteiger partial charge >= 0.3 is 0 Å². The second-order valence-corrected chi connectivity index (χ2v) is 14.6. The highest BCUT2D eigenvalue weighted by Crippen LogP contribution is 2.53. The van der Waals surface area contributed by atoms with Crippen LogP contribution in [-0.2, 0) is 19.1 Å². The van der Waals surface area contributed by atoms with Crippen LogP contribution in [0.4, 0.5) is 4.39 Å². The van der Waals surface area contributed by atoms with Gasteiger partial charge in [-0.25, -0.2) is 4.39 Å². The van der Waals surface area contributed by atoms with Crippen molar-refractivity contribution in [3.63, 3.8) is 0 Å². The molecule has 232 valence electrons. The molecule has 8 aliphatic rings. The van der Waals surface area contributed by atoms with Crippen LogP contribution in [0.3, 0.4) is 0 Å². The number of rotatable bonds is 5. The van der Waals surface area contributed by atoms with E-state index < -0.39 is 24.2 Å². The average Bonchev–Trinajstić information content (AvgIpc) is 3.73. The predicted molar refractivity (Wildman–Crippen MR) is 154 cm³/mol. The van der Waals surface area contributed by atoms with Crippen LogP contribution >= 0.6 is 0 Å². The van der Waals surface area contributed by atoms with E-state index >= 15 is 4.39 Å². The zero-order valence-corrected chi connectivity index (χ0v) is 24.7. The number of nitrogens with two attached hydrogens (primary N) is 1. The molecule has 0 aromatic carbocycles. The first-order valence-electron chi connectivity index (χ1n) is 17.0. The third-order valence-corrected chi connectivity index (χ3v) is 12.3. The van der Waals surface area contributed by atoms with Gasteiger partial charge in [-0.3, -0.25) is 14.5 Å². The number of amides is 1. The Morgan fingerprint density at radius 1 is 1.02 bits per heavy atom. The SMILES string of the molecule is N[C@@H]1CCN(C2C(F)CC3C(=O)C(C(=O)NCCC4CCCN4)=CN4C5CC6OC7CCCCC7C6CC5OC2C34)C1. The number of halogens is 1. The molecular weight excluding hydrogens is 537 g/mol. The number of ketones is 1. The maximum Gasteiger partial charge on any atom is 0.256 e. The van der Waals surface area contributed by atoms with Crippen molar-refractivity contribution in [2.45, 2.75) is 131 Å². The van der Waals surface area contributed by atoms with Gasteiger partial charge in [0, 0.05) is 43.8 Å². The summed E-state index contributed by atoms with van der Waals surface area (Å²) in [6.07, 6.45) is 11.4. The Hall–Kier alpha value is -1.59. The number of nitrogens with one attached hydrogen (secondary N) is 2. The lowest BCUT2D eigenvalue weighted by molar-refractivity contribution is -0.220. The Labute approximate surface area is 248 Å². The van der Waals surface area contributed by atoms with Gasteiger partial charge in [0.2, 0.25) is 0 Å². The summed E-state index contributed by atoms with van der Waals surface area (Å²) < 4.78 is 29.9. The third-order valence-electron chi connectivity index (χ3n) is 12.3. The molecule has 0 bridgehead atoms. The van der Waals surface area contributed by atoms with Crippen LogP contribution in [0.5, 0.6) is 0 Å². The van der Waals surface area contributed by atoms with E-state index in [4.69, 9.17) is 15.2 Å². The largest absolute Gasteiger partial charge is 0.374 e. The number of carbonyl (C=O) groups is 2. The first kappa shape index (κ1) is 27.9. The minimum atomic E-state index is -1.20. The van der Waals surface area contributed by atoms with Crippen molar-refractivity contribution in [1.29, 1.82) is 0 Å². The fourth-order valence-electron chi connectivity index (χ4n) is 10.3. The van der Waals surface area contributed by atoms with Gasteiger partial charge in [0.05, 0.1) is 48.1 Å². The number of likely N-dealkylation sites (tertiary alicyclic amines) is 1. The summed E-state index contributed by atoms with van der Waals surface area (Å²) in [6.45, 7) is 2.96. The minimum absolute atomic E-state index is 0.0198. The fraction of sp³-hybridized carbons (Fsp3) is 0.875. The fourth-order valence-corrected chi connectivity index (χ4v) is 10.3. The summed E-state index contributed by atoms with van der Waals surface area (Å²) in [5.74, 6) is -0.0902. The quantitative estimate of drug-likeness (QED) is 0.418. The van der Waals surface area contributed by atoms with Crippen LogP contribution in [0.15, 0.2) is 11.8 Å². The monoisotopic (exact) mass is 585 g/mol. The second kappa shape index (κ2) is 11.1. The van der Waals surface area contributed by atoms with E-state index in [1.165, 1.54) is 19.3 Å². The van der Waals surface area contributed by atoms with Gasteiger partial charge in [0.25, 0.3) is 5.91 Å². The van der Waals surface area contributed by atoms with E-state index in [9.17, 15) is 9.59 Å². The van der Waals surface area contributed by atoms with Crippen molar-refractivity contribution < 1.29 is 23.5 Å². The first-order valence-corrected chi connectivity index (χ1v) is 17.0. The number of fused-ring (bicyclic) bond motifs is 5. The van der Waals surface area contributed by atoms with Gasteiger partial charge in [-0.05, 0) is 76.2 Å². The van der Waals surface area contributed by atoms with E-state index in [1.54, 1.807) is 0 Å². The van der Waals surface area contributed by atoms with Crippen LogP contribution in [0.25, 0.3) is 0 Å². The second-order valence-electron chi connectivity index (χ2n) is 14.6. The Bertz CT molecular complexity index is 1100.